The molecule has 2 aromatic carbocycles. The van der Waals surface area contributed by atoms with E-state index in [0.717, 1.165) is 0 Å². The van der Waals surface area contributed by atoms with Crippen molar-refractivity contribution >= 4 is 23.4 Å². The smallest absolute Gasteiger partial charge is 0.291 e. The summed E-state index contributed by atoms with van der Waals surface area (Å²) in [6.45, 7) is 3.77. The molecule has 1 aromatic heterocycles. The van der Waals surface area contributed by atoms with Crippen LogP contribution in [0.4, 0.5) is 0 Å². The average molecular weight is 430 g/mol. The highest BCUT2D eigenvalue weighted by molar-refractivity contribution is 6.30. The van der Waals surface area contributed by atoms with Crippen LogP contribution >= 0.6 is 11.6 Å². The lowest BCUT2D eigenvalue weighted by molar-refractivity contribution is 0.0841. The first kappa shape index (κ1) is 21.2. The maximum Gasteiger partial charge on any atom is 0.291 e. The van der Waals surface area contributed by atoms with E-state index in [9.17, 15) is 9.59 Å². The SMILES string of the molecule is COc1cc(C(=O)NNC(=O)c2cc(-c3ccc(Cl)cc3)on2)ccc1OC(C)C. The lowest BCUT2D eigenvalue weighted by atomic mass is 10.1. The molecule has 0 atom stereocenters. The first-order chi connectivity index (χ1) is 14.4. The molecule has 2 amide bonds. The summed E-state index contributed by atoms with van der Waals surface area (Å²) in [5.41, 5.74) is 5.64. The number of rotatable bonds is 6. The lowest BCUT2D eigenvalue weighted by Gasteiger charge is -2.14. The summed E-state index contributed by atoms with van der Waals surface area (Å²) in [4.78, 5) is 24.6. The topological polar surface area (TPSA) is 103 Å². The molecule has 0 unspecified atom stereocenters. The number of hydrogen-bond acceptors (Lipinski definition) is 6. The molecule has 9 heteroatoms. The van der Waals surface area contributed by atoms with E-state index in [1.807, 2.05) is 13.8 Å². The fraction of sp³-hybridized carbons (Fsp3) is 0.190. The first-order valence-corrected chi connectivity index (χ1v) is 9.43. The van der Waals surface area contributed by atoms with E-state index < -0.39 is 11.8 Å². The number of nitrogens with one attached hydrogen (secondary N) is 2. The number of carbonyl (C=O) groups is 2. The molecule has 3 aromatic rings. The normalized spacial score (nSPS) is 10.6. The van der Waals surface area contributed by atoms with Crippen molar-refractivity contribution in [2.75, 3.05) is 7.11 Å². The van der Waals surface area contributed by atoms with E-state index in [-0.39, 0.29) is 17.4 Å². The van der Waals surface area contributed by atoms with Gasteiger partial charge in [0, 0.05) is 22.2 Å². The van der Waals surface area contributed by atoms with E-state index in [1.54, 1.807) is 36.4 Å². The van der Waals surface area contributed by atoms with Gasteiger partial charge in [-0.2, -0.15) is 0 Å². The molecule has 8 nitrogen and oxygen atoms in total. The van der Waals surface area contributed by atoms with Gasteiger partial charge >= 0.3 is 0 Å². The van der Waals surface area contributed by atoms with Crippen LogP contribution in [0.2, 0.25) is 5.02 Å². The third-order valence-corrected chi connectivity index (χ3v) is 4.20. The molecule has 0 fully saturated rings. The van der Waals surface area contributed by atoms with Crippen molar-refractivity contribution < 1.29 is 23.6 Å². The zero-order chi connectivity index (χ0) is 21.7. The Morgan fingerprint density at radius 2 is 1.70 bits per heavy atom. The van der Waals surface area contributed by atoms with Crippen LogP contribution in [0.3, 0.4) is 0 Å². The van der Waals surface area contributed by atoms with Gasteiger partial charge < -0.3 is 14.0 Å². The molecule has 0 radical (unpaired) electrons. The van der Waals surface area contributed by atoms with Crippen LogP contribution in [-0.4, -0.2) is 30.2 Å². The molecule has 3 rings (SSSR count). The van der Waals surface area contributed by atoms with E-state index in [2.05, 4.69) is 16.0 Å². The highest BCUT2D eigenvalue weighted by Gasteiger charge is 2.16. The monoisotopic (exact) mass is 429 g/mol. The van der Waals surface area contributed by atoms with Crippen molar-refractivity contribution in [1.29, 1.82) is 0 Å². The molecule has 2 N–H and O–H groups in total. The van der Waals surface area contributed by atoms with Gasteiger partial charge in [-0.25, -0.2) is 0 Å². The van der Waals surface area contributed by atoms with Gasteiger partial charge in [-0.15, -0.1) is 0 Å². The molecule has 0 aliphatic heterocycles. The molecule has 30 heavy (non-hydrogen) atoms. The number of amides is 2. The molecule has 0 aliphatic rings. The fourth-order valence-corrected chi connectivity index (χ4v) is 2.67. The average Bonchev–Trinajstić information content (AvgIpc) is 3.22. The standard InChI is InChI=1S/C21H20ClN3O5/c1-12(2)29-17-9-6-14(10-19(17)28-3)20(26)23-24-21(27)16-11-18(30-25-16)13-4-7-15(22)8-5-13/h4-12H,1-3H3,(H,23,26)(H,24,27). The van der Waals surface area contributed by atoms with Gasteiger partial charge in [0.25, 0.3) is 11.8 Å². The summed E-state index contributed by atoms with van der Waals surface area (Å²) in [6.07, 6.45) is -0.0434. The Kier molecular flexibility index (Phi) is 6.58. The summed E-state index contributed by atoms with van der Waals surface area (Å²) in [5.74, 6) is 0.170. The van der Waals surface area contributed by atoms with Gasteiger partial charge in [0.1, 0.15) is 0 Å². The number of hydrazine groups is 1. The molecule has 156 valence electrons. The lowest BCUT2D eigenvalue weighted by Crippen LogP contribution is -2.41. The minimum Gasteiger partial charge on any atom is -0.493 e. The maximum atomic E-state index is 12.4. The number of nitrogens with zero attached hydrogens (tertiary/aromatic N) is 1. The number of halogens is 1. The maximum absolute atomic E-state index is 12.4. The van der Waals surface area contributed by atoms with Crippen LogP contribution in [0.15, 0.2) is 53.1 Å². The van der Waals surface area contributed by atoms with E-state index in [1.165, 1.54) is 19.2 Å². The zero-order valence-electron chi connectivity index (χ0n) is 16.6. The first-order valence-electron chi connectivity index (χ1n) is 9.05. The number of methoxy groups -OCH3 is 1. The van der Waals surface area contributed by atoms with Gasteiger partial charge in [0.05, 0.1) is 13.2 Å². The Morgan fingerprint density at radius 3 is 2.37 bits per heavy atom. The van der Waals surface area contributed by atoms with Gasteiger partial charge in [-0.3, -0.25) is 20.4 Å². The van der Waals surface area contributed by atoms with Crippen LogP contribution in [-0.2, 0) is 0 Å². The molecule has 0 spiro atoms. The van der Waals surface area contributed by atoms with Gasteiger partial charge in [0.15, 0.2) is 23.0 Å². The quantitative estimate of drug-likeness (QED) is 0.577. The van der Waals surface area contributed by atoms with Crippen molar-refractivity contribution in [3.05, 3.63) is 64.8 Å². The number of ether oxygens (including phenoxy) is 2. The summed E-state index contributed by atoms with van der Waals surface area (Å²) in [6, 6.07) is 13.1. The number of hydrogen-bond donors (Lipinski definition) is 2. The highest BCUT2D eigenvalue weighted by Crippen LogP contribution is 2.29. The third kappa shape index (κ3) is 5.09. The minimum atomic E-state index is -0.626. The predicted molar refractivity (Wildman–Crippen MR) is 111 cm³/mol. The molecule has 0 aliphatic carbocycles. The van der Waals surface area contributed by atoms with Gasteiger partial charge in [-0.1, -0.05) is 16.8 Å². The van der Waals surface area contributed by atoms with Crippen LogP contribution < -0.4 is 20.3 Å². The van der Waals surface area contributed by atoms with Crippen LogP contribution in [0, 0.1) is 0 Å². The van der Waals surface area contributed by atoms with E-state index >= 15 is 0 Å². The summed E-state index contributed by atoms with van der Waals surface area (Å²) >= 11 is 5.86. The molecular weight excluding hydrogens is 410 g/mol. The van der Waals surface area contributed by atoms with Gasteiger partial charge in [-0.05, 0) is 56.3 Å². The summed E-state index contributed by atoms with van der Waals surface area (Å²) in [7, 11) is 1.48. The van der Waals surface area contributed by atoms with Crippen LogP contribution in [0.1, 0.15) is 34.7 Å². The predicted octanol–water partition coefficient (Wildman–Crippen LogP) is 3.87. The third-order valence-electron chi connectivity index (χ3n) is 3.95. The Labute approximate surface area is 178 Å². The summed E-state index contributed by atoms with van der Waals surface area (Å²) < 4.78 is 16.1. The fourth-order valence-electron chi connectivity index (χ4n) is 2.54. The Bertz CT molecular complexity index is 1050. The second-order valence-electron chi connectivity index (χ2n) is 6.52. The highest BCUT2D eigenvalue weighted by atomic mass is 35.5. The molecular formula is C21H20ClN3O5. The van der Waals surface area contributed by atoms with Crippen molar-refractivity contribution in [3.63, 3.8) is 0 Å². The van der Waals surface area contributed by atoms with Crippen molar-refractivity contribution in [2.24, 2.45) is 0 Å². The minimum absolute atomic E-state index is 0.0125. The molecule has 1 heterocycles. The molecule has 0 bridgehead atoms. The Balaban J connectivity index is 1.63. The largest absolute Gasteiger partial charge is 0.493 e. The van der Waals surface area contributed by atoms with Gasteiger partial charge in [0.2, 0.25) is 0 Å². The number of carbonyl (C=O) groups excluding carboxylic acids is 2. The Morgan fingerprint density at radius 1 is 1.00 bits per heavy atom. The second-order valence-corrected chi connectivity index (χ2v) is 6.96. The zero-order valence-corrected chi connectivity index (χ0v) is 17.3. The molecule has 0 saturated carbocycles. The van der Waals surface area contributed by atoms with Crippen molar-refractivity contribution in [1.82, 2.24) is 16.0 Å². The second kappa shape index (κ2) is 9.32. The number of aromatic nitrogens is 1. The summed E-state index contributed by atoms with van der Waals surface area (Å²) in [5, 5.41) is 4.31. The number of benzene rings is 2. The van der Waals surface area contributed by atoms with E-state index in [4.69, 9.17) is 25.6 Å². The van der Waals surface area contributed by atoms with Crippen LogP contribution in [0.25, 0.3) is 11.3 Å². The van der Waals surface area contributed by atoms with Crippen LogP contribution in [0.5, 0.6) is 11.5 Å². The van der Waals surface area contributed by atoms with Crippen molar-refractivity contribution in [2.45, 2.75) is 20.0 Å². The van der Waals surface area contributed by atoms with Crippen molar-refractivity contribution in [3.8, 4) is 22.8 Å². The Hall–Kier alpha value is -3.52. The molecule has 0 saturated heterocycles. The van der Waals surface area contributed by atoms with E-state index in [0.29, 0.717) is 27.8 Å².